The largest absolute Gasteiger partial charge is 0.462 e. The first-order chi connectivity index (χ1) is 13.6. The molecule has 0 saturated heterocycles. The summed E-state index contributed by atoms with van der Waals surface area (Å²) < 4.78 is 5.00. The molecule has 0 fully saturated rings. The first kappa shape index (κ1) is 19.3. The second-order valence-electron chi connectivity index (χ2n) is 5.66. The highest BCUT2D eigenvalue weighted by Crippen LogP contribution is 2.19. The number of hydrogen-bond acceptors (Lipinski definition) is 6. The van der Waals surface area contributed by atoms with Crippen molar-refractivity contribution < 1.29 is 14.3 Å². The van der Waals surface area contributed by atoms with Crippen LogP contribution in [-0.2, 0) is 4.74 Å². The van der Waals surface area contributed by atoms with Crippen molar-refractivity contribution in [3.8, 4) is 0 Å². The van der Waals surface area contributed by atoms with Crippen molar-refractivity contribution in [3.05, 3.63) is 76.9 Å². The fourth-order valence-electron chi connectivity index (χ4n) is 2.40. The molecule has 1 heterocycles. The number of rotatable bonds is 6. The lowest BCUT2D eigenvalue weighted by atomic mass is 10.1. The van der Waals surface area contributed by atoms with Crippen molar-refractivity contribution in [2.24, 2.45) is 0 Å². The standard InChI is InChI=1S/C20H17ClN4O3/c1-2-28-20(27)15-8-3-4-9-16(15)23-19(26)17-10-11-18(25-24-17)22-14-7-5-6-13(21)12-14/h3-12H,2H2,1H3,(H,22,25)(H,23,26). The van der Waals surface area contributed by atoms with E-state index in [-0.39, 0.29) is 17.9 Å². The number of esters is 1. The van der Waals surface area contributed by atoms with E-state index >= 15 is 0 Å². The van der Waals surface area contributed by atoms with Gasteiger partial charge in [0, 0.05) is 10.7 Å². The van der Waals surface area contributed by atoms with Crippen molar-refractivity contribution in [2.75, 3.05) is 17.2 Å². The number of ether oxygens (including phenoxy) is 1. The van der Waals surface area contributed by atoms with E-state index in [2.05, 4.69) is 20.8 Å². The Morgan fingerprint density at radius 1 is 1.04 bits per heavy atom. The Balaban J connectivity index is 1.71. The summed E-state index contributed by atoms with van der Waals surface area (Å²) in [5.74, 6) is -0.533. The van der Waals surface area contributed by atoms with Gasteiger partial charge in [-0.05, 0) is 49.4 Å². The molecule has 142 valence electrons. The minimum atomic E-state index is -0.509. The number of carbonyl (C=O) groups excluding carboxylic acids is 2. The monoisotopic (exact) mass is 396 g/mol. The van der Waals surface area contributed by atoms with Gasteiger partial charge in [-0.2, -0.15) is 0 Å². The number of hydrogen-bond donors (Lipinski definition) is 2. The number of carbonyl (C=O) groups is 2. The third kappa shape index (κ3) is 4.83. The van der Waals surface area contributed by atoms with Gasteiger partial charge in [0.1, 0.15) is 0 Å². The smallest absolute Gasteiger partial charge is 0.340 e. The number of anilines is 3. The van der Waals surface area contributed by atoms with E-state index in [0.29, 0.717) is 16.5 Å². The minimum Gasteiger partial charge on any atom is -0.462 e. The van der Waals surface area contributed by atoms with Crippen LogP contribution in [0.4, 0.5) is 17.2 Å². The Morgan fingerprint density at radius 2 is 1.86 bits per heavy atom. The zero-order chi connectivity index (χ0) is 19.9. The van der Waals surface area contributed by atoms with Crippen LogP contribution in [0, 0.1) is 0 Å². The van der Waals surface area contributed by atoms with E-state index in [0.717, 1.165) is 5.69 Å². The van der Waals surface area contributed by atoms with Crippen LogP contribution in [0.25, 0.3) is 0 Å². The third-order valence-corrected chi connectivity index (χ3v) is 3.90. The molecule has 1 aromatic heterocycles. The quantitative estimate of drug-likeness (QED) is 0.603. The fourth-order valence-corrected chi connectivity index (χ4v) is 2.59. The van der Waals surface area contributed by atoms with Crippen LogP contribution in [0.3, 0.4) is 0 Å². The van der Waals surface area contributed by atoms with E-state index in [1.807, 2.05) is 6.07 Å². The van der Waals surface area contributed by atoms with Crippen molar-refractivity contribution in [2.45, 2.75) is 6.92 Å². The van der Waals surface area contributed by atoms with Crippen LogP contribution in [0.5, 0.6) is 0 Å². The van der Waals surface area contributed by atoms with Gasteiger partial charge in [0.2, 0.25) is 0 Å². The number of benzene rings is 2. The summed E-state index contributed by atoms with van der Waals surface area (Å²) in [6.07, 6.45) is 0. The Morgan fingerprint density at radius 3 is 2.57 bits per heavy atom. The molecular formula is C20H17ClN4O3. The maximum Gasteiger partial charge on any atom is 0.340 e. The molecule has 28 heavy (non-hydrogen) atoms. The zero-order valence-electron chi connectivity index (χ0n) is 15.0. The second-order valence-corrected chi connectivity index (χ2v) is 6.10. The summed E-state index contributed by atoms with van der Waals surface area (Å²) in [7, 11) is 0. The van der Waals surface area contributed by atoms with Crippen molar-refractivity contribution >= 4 is 40.7 Å². The summed E-state index contributed by atoms with van der Waals surface area (Å²) >= 11 is 5.95. The van der Waals surface area contributed by atoms with Crippen LogP contribution < -0.4 is 10.6 Å². The summed E-state index contributed by atoms with van der Waals surface area (Å²) in [5.41, 5.74) is 1.47. The number of aromatic nitrogens is 2. The lowest BCUT2D eigenvalue weighted by Gasteiger charge is -2.10. The normalized spacial score (nSPS) is 10.2. The predicted octanol–water partition coefficient (Wildman–Crippen LogP) is 4.30. The second kappa shape index (κ2) is 8.96. The Kier molecular flexibility index (Phi) is 6.18. The van der Waals surface area contributed by atoms with Gasteiger partial charge in [-0.25, -0.2) is 4.79 Å². The zero-order valence-corrected chi connectivity index (χ0v) is 15.7. The first-order valence-corrected chi connectivity index (χ1v) is 8.88. The van der Waals surface area contributed by atoms with Gasteiger partial charge in [-0.1, -0.05) is 29.8 Å². The van der Waals surface area contributed by atoms with E-state index in [1.54, 1.807) is 55.5 Å². The Labute approximate surface area is 166 Å². The van der Waals surface area contributed by atoms with Crippen molar-refractivity contribution in [1.29, 1.82) is 0 Å². The molecule has 2 aromatic carbocycles. The first-order valence-electron chi connectivity index (χ1n) is 8.50. The van der Waals surface area contributed by atoms with Gasteiger partial charge in [-0.3, -0.25) is 4.79 Å². The molecule has 0 aliphatic heterocycles. The molecule has 0 radical (unpaired) electrons. The van der Waals surface area contributed by atoms with Gasteiger partial charge in [0.15, 0.2) is 11.5 Å². The minimum absolute atomic E-state index is 0.107. The molecule has 1 amide bonds. The molecule has 0 atom stereocenters. The lowest BCUT2D eigenvalue weighted by molar-refractivity contribution is 0.0527. The molecule has 7 nitrogen and oxygen atoms in total. The Bertz CT molecular complexity index is 993. The number of halogens is 1. The number of nitrogens with zero attached hydrogens (tertiary/aromatic N) is 2. The molecule has 0 aliphatic rings. The molecule has 0 bridgehead atoms. The topological polar surface area (TPSA) is 93.2 Å². The van der Waals surface area contributed by atoms with Crippen molar-refractivity contribution in [1.82, 2.24) is 10.2 Å². The average Bonchev–Trinajstić information content (AvgIpc) is 2.69. The molecule has 2 N–H and O–H groups in total. The van der Waals surface area contributed by atoms with E-state index < -0.39 is 11.9 Å². The summed E-state index contributed by atoms with van der Waals surface area (Å²) in [4.78, 5) is 24.5. The SMILES string of the molecule is CCOC(=O)c1ccccc1NC(=O)c1ccc(Nc2cccc(Cl)c2)nn1. The highest BCUT2D eigenvalue weighted by molar-refractivity contribution is 6.30. The van der Waals surface area contributed by atoms with E-state index in [9.17, 15) is 9.59 Å². The number of amides is 1. The highest BCUT2D eigenvalue weighted by atomic mass is 35.5. The molecule has 0 spiro atoms. The summed E-state index contributed by atoms with van der Waals surface area (Å²) in [6.45, 7) is 1.96. The van der Waals surface area contributed by atoms with E-state index in [1.165, 1.54) is 6.07 Å². The molecule has 0 saturated carbocycles. The van der Waals surface area contributed by atoms with Crippen LogP contribution in [-0.4, -0.2) is 28.7 Å². The highest BCUT2D eigenvalue weighted by Gasteiger charge is 2.16. The summed E-state index contributed by atoms with van der Waals surface area (Å²) in [6, 6.07) is 16.9. The maximum atomic E-state index is 12.5. The third-order valence-electron chi connectivity index (χ3n) is 3.66. The van der Waals surface area contributed by atoms with Crippen LogP contribution in [0.1, 0.15) is 27.8 Å². The number of para-hydroxylation sites is 1. The lowest BCUT2D eigenvalue weighted by Crippen LogP contribution is -2.17. The molecule has 0 aliphatic carbocycles. The Hall–Kier alpha value is -3.45. The molecular weight excluding hydrogens is 380 g/mol. The van der Waals surface area contributed by atoms with Gasteiger partial charge < -0.3 is 15.4 Å². The molecule has 8 heteroatoms. The average molecular weight is 397 g/mol. The van der Waals surface area contributed by atoms with Crippen LogP contribution >= 0.6 is 11.6 Å². The van der Waals surface area contributed by atoms with Crippen LogP contribution in [0.2, 0.25) is 5.02 Å². The molecule has 0 unspecified atom stereocenters. The maximum absolute atomic E-state index is 12.5. The van der Waals surface area contributed by atoms with Gasteiger partial charge in [0.05, 0.1) is 17.9 Å². The fraction of sp³-hybridized carbons (Fsp3) is 0.100. The molecule has 3 rings (SSSR count). The van der Waals surface area contributed by atoms with E-state index in [4.69, 9.17) is 16.3 Å². The molecule has 3 aromatic rings. The van der Waals surface area contributed by atoms with Gasteiger partial charge in [-0.15, -0.1) is 10.2 Å². The van der Waals surface area contributed by atoms with Crippen molar-refractivity contribution in [3.63, 3.8) is 0 Å². The van der Waals surface area contributed by atoms with Gasteiger partial charge >= 0.3 is 5.97 Å². The number of nitrogens with one attached hydrogen (secondary N) is 2. The van der Waals surface area contributed by atoms with Gasteiger partial charge in [0.25, 0.3) is 5.91 Å². The summed E-state index contributed by atoms with van der Waals surface area (Å²) in [5, 5.41) is 14.2. The van der Waals surface area contributed by atoms with Crippen LogP contribution in [0.15, 0.2) is 60.7 Å². The predicted molar refractivity (Wildman–Crippen MR) is 107 cm³/mol.